The lowest BCUT2D eigenvalue weighted by atomic mass is 10.6. The molecule has 56 valence electrons. The molecule has 0 heterocycles. The molecule has 0 aliphatic rings. The van der Waals surface area contributed by atoms with Crippen LogP contribution in [0.1, 0.15) is 0 Å². The summed E-state index contributed by atoms with van der Waals surface area (Å²) in [4.78, 5) is 0. The third-order valence-electron chi connectivity index (χ3n) is 0.578. The highest BCUT2D eigenvalue weighted by Crippen LogP contribution is 2.57. The molecule has 0 bridgehead atoms. The first-order valence-corrected chi connectivity index (χ1v) is 6.81. The fourth-order valence-electron chi connectivity index (χ4n) is 0.279. The summed E-state index contributed by atoms with van der Waals surface area (Å²) >= 11 is 21.1. The van der Waals surface area contributed by atoms with Crippen molar-refractivity contribution in [3.63, 3.8) is 0 Å². The Labute approximate surface area is 73.6 Å². The van der Waals surface area contributed by atoms with Crippen molar-refractivity contribution in [1.82, 2.24) is 0 Å². The smallest absolute Gasteiger partial charge is 0.254 e. The molecule has 0 aliphatic heterocycles. The largest absolute Gasteiger partial charge is 0.289 e. The van der Waals surface area contributed by atoms with Crippen molar-refractivity contribution in [3.8, 4) is 0 Å². The SMILES string of the molecule is O=P(Cl)(Cl)CC(Cl)CCl. The molecular formula is C3H5Cl4OP. The first-order valence-electron chi connectivity index (χ1n) is 2.14. The van der Waals surface area contributed by atoms with Crippen molar-refractivity contribution in [1.29, 1.82) is 0 Å². The summed E-state index contributed by atoms with van der Waals surface area (Å²) in [5, 5.41) is -0.396. The van der Waals surface area contributed by atoms with E-state index in [1.165, 1.54) is 0 Å². The Balaban J connectivity index is 3.60. The van der Waals surface area contributed by atoms with E-state index in [0.29, 0.717) is 0 Å². The third kappa shape index (κ3) is 7.29. The summed E-state index contributed by atoms with van der Waals surface area (Å²) in [5.41, 5.74) is 0. The molecule has 0 amide bonds. The molecule has 0 aromatic rings. The zero-order chi connectivity index (χ0) is 7.49. The van der Waals surface area contributed by atoms with Crippen molar-refractivity contribution in [2.24, 2.45) is 0 Å². The van der Waals surface area contributed by atoms with Crippen LogP contribution >= 0.6 is 51.5 Å². The highest BCUT2D eigenvalue weighted by Gasteiger charge is 2.18. The van der Waals surface area contributed by atoms with E-state index in [4.69, 9.17) is 45.7 Å². The van der Waals surface area contributed by atoms with Crippen LogP contribution in [0.4, 0.5) is 0 Å². The molecule has 9 heavy (non-hydrogen) atoms. The summed E-state index contributed by atoms with van der Waals surface area (Å²) in [7, 11) is 0. The van der Waals surface area contributed by atoms with E-state index in [2.05, 4.69) is 0 Å². The van der Waals surface area contributed by atoms with Gasteiger partial charge in [-0.05, 0) is 22.5 Å². The number of rotatable bonds is 3. The standard InChI is InChI=1S/C3H5Cl4OP/c4-1-3(5)2-9(6,7)8/h3H,1-2H2. The van der Waals surface area contributed by atoms with E-state index in [9.17, 15) is 4.57 Å². The van der Waals surface area contributed by atoms with Gasteiger partial charge in [-0.25, -0.2) is 0 Å². The average molecular weight is 230 g/mol. The van der Waals surface area contributed by atoms with Crippen LogP contribution in [-0.4, -0.2) is 17.4 Å². The van der Waals surface area contributed by atoms with E-state index in [1.807, 2.05) is 0 Å². The van der Waals surface area contributed by atoms with Gasteiger partial charge in [0.15, 0.2) is 0 Å². The van der Waals surface area contributed by atoms with Gasteiger partial charge in [0.1, 0.15) is 0 Å². The zero-order valence-corrected chi connectivity index (χ0v) is 8.28. The lowest BCUT2D eigenvalue weighted by molar-refractivity contribution is 0.592. The second-order valence-electron chi connectivity index (χ2n) is 1.50. The van der Waals surface area contributed by atoms with Gasteiger partial charge in [0.2, 0.25) is 0 Å². The van der Waals surface area contributed by atoms with Gasteiger partial charge in [-0.15, -0.1) is 23.2 Å². The van der Waals surface area contributed by atoms with Crippen molar-refractivity contribution in [2.75, 3.05) is 12.0 Å². The lowest BCUT2D eigenvalue weighted by Gasteiger charge is -2.03. The highest BCUT2D eigenvalue weighted by molar-refractivity contribution is 8.08. The predicted octanol–water partition coefficient (Wildman–Crippen LogP) is 3.50. The highest BCUT2D eigenvalue weighted by atomic mass is 35.9. The molecule has 0 aromatic carbocycles. The number of hydrogen-bond donors (Lipinski definition) is 0. The van der Waals surface area contributed by atoms with Crippen molar-refractivity contribution in [2.45, 2.75) is 5.38 Å². The molecule has 0 saturated carbocycles. The second-order valence-corrected chi connectivity index (χ2v) is 7.73. The summed E-state index contributed by atoms with van der Waals surface area (Å²) in [6.45, 7) is 0. The van der Waals surface area contributed by atoms with Crippen LogP contribution in [0.25, 0.3) is 0 Å². The van der Waals surface area contributed by atoms with Crippen molar-refractivity contribution >= 4 is 51.5 Å². The van der Waals surface area contributed by atoms with E-state index in [1.54, 1.807) is 0 Å². The maximum Gasteiger partial charge on any atom is 0.254 e. The number of hydrogen-bond acceptors (Lipinski definition) is 1. The van der Waals surface area contributed by atoms with Gasteiger partial charge in [-0.2, -0.15) is 0 Å². The molecule has 0 fully saturated rings. The summed E-state index contributed by atoms with van der Waals surface area (Å²) in [5.74, 6) is -2.80. The maximum absolute atomic E-state index is 10.6. The van der Waals surface area contributed by atoms with Crippen molar-refractivity contribution in [3.05, 3.63) is 0 Å². The minimum Gasteiger partial charge on any atom is -0.289 e. The summed E-state index contributed by atoms with van der Waals surface area (Å²) in [6.07, 6.45) is 0.0706. The molecule has 1 unspecified atom stereocenters. The minimum absolute atomic E-state index is 0.0706. The van der Waals surface area contributed by atoms with E-state index < -0.39 is 11.2 Å². The van der Waals surface area contributed by atoms with Crippen LogP contribution in [0.2, 0.25) is 0 Å². The topological polar surface area (TPSA) is 17.1 Å². The van der Waals surface area contributed by atoms with Gasteiger partial charge in [0, 0.05) is 12.0 Å². The van der Waals surface area contributed by atoms with Crippen LogP contribution in [0.3, 0.4) is 0 Å². The zero-order valence-electron chi connectivity index (χ0n) is 4.36. The molecule has 0 aromatic heterocycles. The average Bonchev–Trinajstić information content (AvgIpc) is 1.62. The fourth-order valence-corrected chi connectivity index (χ4v) is 3.14. The molecular weight excluding hydrogens is 225 g/mol. The first-order chi connectivity index (χ1) is 3.95. The van der Waals surface area contributed by atoms with Gasteiger partial charge in [-0.1, -0.05) is 0 Å². The molecule has 1 atom stereocenters. The lowest BCUT2D eigenvalue weighted by Crippen LogP contribution is -2.03. The molecule has 0 N–H and O–H groups in total. The van der Waals surface area contributed by atoms with E-state index in [0.717, 1.165) is 0 Å². The van der Waals surface area contributed by atoms with Crippen LogP contribution in [0.5, 0.6) is 0 Å². The minimum atomic E-state index is -3.01. The summed E-state index contributed by atoms with van der Waals surface area (Å²) in [6, 6.07) is 0. The Morgan fingerprint density at radius 1 is 1.44 bits per heavy atom. The molecule has 0 rings (SSSR count). The Morgan fingerprint density at radius 3 is 2.00 bits per heavy atom. The van der Waals surface area contributed by atoms with E-state index in [-0.39, 0.29) is 12.0 Å². The number of alkyl halides is 2. The van der Waals surface area contributed by atoms with Crippen LogP contribution in [0, 0.1) is 0 Å². The normalized spacial score (nSPS) is 15.6. The van der Waals surface area contributed by atoms with Crippen LogP contribution < -0.4 is 0 Å². The van der Waals surface area contributed by atoms with E-state index >= 15 is 0 Å². The van der Waals surface area contributed by atoms with Gasteiger partial charge in [0.05, 0.1) is 5.38 Å². The Kier molecular flexibility index (Phi) is 4.97. The molecule has 1 nitrogen and oxygen atoms in total. The Bertz CT molecular complexity index is 121. The van der Waals surface area contributed by atoms with Crippen LogP contribution in [0.15, 0.2) is 0 Å². The quantitative estimate of drug-likeness (QED) is 0.535. The monoisotopic (exact) mass is 228 g/mol. The molecule has 0 radical (unpaired) electrons. The Hall–Kier alpha value is 1.39. The van der Waals surface area contributed by atoms with Crippen LogP contribution in [-0.2, 0) is 4.57 Å². The Morgan fingerprint density at radius 2 is 1.89 bits per heavy atom. The fraction of sp³-hybridized carbons (Fsp3) is 1.00. The van der Waals surface area contributed by atoms with Gasteiger partial charge in [0.25, 0.3) is 5.85 Å². The molecule has 0 saturated heterocycles. The predicted molar refractivity (Wildman–Crippen MR) is 44.5 cm³/mol. The van der Waals surface area contributed by atoms with Gasteiger partial charge >= 0.3 is 0 Å². The molecule has 6 heteroatoms. The number of halogens is 4. The molecule has 0 aliphatic carbocycles. The van der Waals surface area contributed by atoms with Gasteiger partial charge in [-0.3, -0.25) is 4.57 Å². The van der Waals surface area contributed by atoms with Crippen molar-refractivity contribution < 1.29 is 4.57 Å². The first kappa shape index (κ1) is 10.4. The molecule has 0 spiro atoms. The van der Waals surface area contributed by atoms with Gasteiger partial charge < -0.3 is 0 Å². The second kappa shape index (κ2) is 4.31. The third-order valence-corrected chi connectivity index (χ3v) is 3.33. The maximum atomic E-state index is 10.6. The summed E-state index contributed by atoms with van der Waals surface area (Å²) < 4.78 is 10.6.